The minimum absolute atomic E-state index is 0.0728. The van der Waals surface area contributed by atoms with Crippen LogP contribution in [0.3, 0.4) is 0 Å². The van der Waals surface area contributed by atoms with Crippen LogP contribution < -0.4 is 10.1 Å². The normalized spacial score (nSPS) is 15.5. The van der Waals surface area contributed by atoms with E-state index in [1.165, 1.54) is 5.56 Å². The predicted molar refractivity (Wildman–Crippen MR) is 91.8 cm³/mol. The lowest BCUT2D eigenvalue weighted by Crippen LogP contribution is -2.26. The lowest BCUT2D eigenvalue weighted by atomic mass is 10.0. The number of hydrogen-bond donors (Lipinski definition) is 1. The number of anilines is 1. The first-order valence-corrected chi connectivity index (χ1v) is 7.91. The van der Waals surface area contributed by atoms with Gasteiger partial charge in [-0.05, 0) is 32.0 Å². The van der Waals surface area contributed by atoms with Crippen LogP contribution in [0, 0.1) is 6.92 Å². The minimum atomic E-state index is -0.0728. The zero-order chi connectivity index (χ0) is 15.8. The highest BCUT2D eigenvalue weighted by Gasteiger charge is 2.27. The van der Waals surface area contributed by atoms with Gasteiger partial charge in [0.25, 0.3) is 0 Å². The van der Waals surface area contributed by atoms with Gasteiger partial charge < -0.3 is 10.1 Å². The van der Waals surface area contributed by atoms with Crippen molar-refractivity contribution in [3.63, 3.8) is 0 Å². The van der Waals surface area contributed by atoms with E-state index in [0.717, 1.165) is 28.4 Å². The van der Waals surface area contributed by atoms with E-state index in [-0.39, 0.29) is 6.17 Å². The van der Waals surface area contributed by atoms with Crippen molar-refractivity contribution < 1.29 is 4.74 Å². The van der Waals surface area contributed by atoms with Gasteiger partial charge in [-0.1, -0.05) is 36.4 Å². The second-order valence-corrected chi connectivity index (χ2v) is 5.68. The number of nitrogens with zero attached hydrogens (tertiary/aromatic N) is 2. The molecule has 1 aromatic heterocycles. The first kappa shape index (κ1) is 13.9. The second-order valence-electron chi connectivity index (χ2n) is 5.68. The molecule has 0 amide bonds. The molecular formula is C19H19N3O. The van der Waals surface area contributed by atoms with Crippen molar-refractivity contribution in [2.45, 2.75) is 20.0 Å². The molecule has 3 aromatic rings. The lowest BCUT2D eigenvalue weighted by molar-refractivity contribution is 0.332. The quantitative estimate of drug-likeness (QED) is 0.787. The molecule has 116 valence electrons. The van der Waals surface area contributed by atoms with E-state index < -0.39 is 0 Å². The Hall–Kier alpha value is -2.75. The first-order chi connectivity index (χ1) is 11.3. The summed E-state index contributed by atoms with van der Waals surface area (Å²) in [6, 6.07) is 18.6. The third-order valence-corrected chi connectivity index (χ3v) is 4.11. The van der Waals surface area contributed by atoms with Gasteiger partial charge in [-0.15, -0.1) is 0 Å². The summed E-state index contributed by atoms with van der Waals surface area (Å²) in [5.41, 5.74) is 5.54. The van der Waals surface area contributed by atoms with Crippen molar-refractivity contribution in [3.8, 4) is 17.0 Å². The van der Waals surface area contributed by atoms with E-state index in [2.05, 4.69) is 46.4 Å². The molecular weight excluding hydrogens is 286 g/mol. The summed E-state index contributed by atoms with van der Waals surface area (Å²) in [5, 5.41) is 8.31. The maximum absolute atomic E-state index is 5.82. The minimum Gasteiger partial charge on any atom is -0.493 e. The Morgan fingerprint density at radius 1 is 1.13 bits per heavy atom. The Balaban J connectivity index is 1.89. The molecule has 0 radical (unpaired) electrons. The summed E-state index contributed by atoms with van der Waals surface area (Å²) in [5.74, 6) is 0.894. The van der Waals surface area contributed by atoms with Gasteiger partial charge in [0.15, 0.2) is 6.17 Å². The highest BCUT2D eigenvalue weighted by molar-refractivity contribution is 5.78. The fraction of sp³-hybridized carbons (Fsp3) is 0.211. The van der Waals surface area contributed by atoms with Gasteiger partial charge in [-0.3, -0.25) is 0 Å². The van der Waals surface area contributed by atoms with Crippen LogP contribution in [0.5, 0.6) is 5.75 Å². The molecule has 0 bridgehead atoms. The highest BCUT2D eigenvalue weighted by atomic mass is 16.5. The fourth-order valence-corrected chi connectivity index (χ4v) is 3.16. The van der Waals surface area contributed by atoms with E-state index >= 15 is 0 Å². The predicted octanol–water partition coefficient (Wildman–Crippen LogP) is 4.23. The number of ether oxygens (including phenoxy) is 1. The molecule has 1 atom stereocenters. The molecule has 0 saturated heterocycles. The number of para-hydroxylation sites is 2. The molecule has 0 fully saturated rings. The molecule has 0 aliphatic carbocycles. The largest absolute Gasteiger partial charge is 0.493 e. The molecule has 2 aromatic carbocycles. The van der Waals surface area contributed by atoms with Crippen LogP contribution >= 0.6 is 0 Å². The number of aryl methyl sites for hydroxylation is 1. The van der Waals surface area contributed by atoms with Gasteiger partial charge in [0.2, 0.25) is 0 Å². The average molecular weight is 305 g/mol. The number of fused-ring (bicyclic) bond motifs is 3. The summed E-state index contributed by atoms with van der Waals surface area (Å²) in [7, 11) is 0. The van der Waals surface area contributed by atoms with Crippen LogP contribution in [0.1, 0.15) is 24.3 Å². The third-order valence-electron chi connectivity index (χ3n) is 4.11. The van der Waals surface area contributed by atoms with Crippen molar-refractivity contribution in [2.75, 3.05) is 11.9 Å². The Labute approximate surface area is 135 Å². The highest BCUT2D eigenvalue weighted by Crippen LogP contribution is 2.40. The lowest BCUT2D eigenvalue weighted by Gasteiger charge is -2.30. The van der Waals surface area contributed by atoms with Crippen molar-refractivity contribution in [1.29, 1.82) is 0 Å². The summed E-state index contributed by atoms with van der Waals surface area (Å²) in [4.78, 5) is 0. The molecule has 0 saturated carbocycles. The maximum Gasteiger partial charge on any atom is 0.150 e. The molecule has 0 unspecified atom stereocenters. The number of benzene rings is 2. The van der Waals surface area contributed by atoms with Crippen molar-refractivity contribution in [3.05, 3.63) is 65.9 Å². The van der Waals surface area contributed by atoms with E-state index in [0.29, 0.717) is 6.61 Å². The fourth-order valence-electron chi connectivity index (χ4n) is 3.16. The molecule has 4 heteroatoms. The van der Waals surface area contributed by atoms with Gasteiger partial charge in [-0.2, -0.15) is 5.10 Å². The van der Waals surface area contributed by atoms with E-state index in [1.54, 1.807) is 0 Å². The van der Waals surface area contributed by atoms with E-state index in [1.807, 2.05) is 32.0 Å². The van der Waals surface area contributed by atoms with Gasteiger partial charge in [0.1, 0.15) is 5.75 Å². The monoisotopic (exact) mass is 305 g/mol. The molecule has 4 rings (SSSR count). The Bertz CT molecular complexity index is 853. The standard InChI is InChI=1S/C19H19N3O/c1-3-23-18-11-7-5-9-15(18)19-20-16-10-6-4-8-14(16)17-12-13(2)21-22(17)19/h4-12,19-20H,3H2,1-2H3/t19-/m0/s1. The number of rotatable bonds is 3. The van der Waals surface area contributed by atoms with Crippen molar-refractivity contribution in [1.82, 2.24) is 9.78 Å². The Morgan fingerprint density at radius 3 is 2.78 bits per heavy atom. The van der Waals surface area contributed by atoms with Crippen LogP contribution in [0.25, 0.3) is 11.3 Å². The molecule has 1 aliphatic rings. The summed E-state index contributed by atoms with van der Waals surface area (Å²) in [6.07, 6.45) is -0.0728. The summed E-state index contributed by atoms with van der Waals surface area (Å²) >= 11 is 0. The topological polar surface area (TPSA) is 39.1 Å². The maximum atomic E-state index is 5.82. The molecule has 2 heterocycles. The molecule has 1 N–H and O–H groups in total. The van der Waals surface area contributed by atoms with Gasteiger partial charge in [0.05, 0.1) is 18.0 Å². The summed E-state index contributed by atoms with van der Waals surface area (Å²) in [6.45, 7) is 4.68. The molecule has 4 nitrogen and oxygen atoms in total. The average Bonchev–Trinajstić information content (AvgIpc) is 2.97. The number of nitrogens with one attached hydrogen (secondary N) is 1. The van der Waals surface area contributed by atoms with E-state index in [9.17, 15) is 0 Å². The molecule has 1 aliphatic heterocycles. The van der Waals surface area contributed by atoms with Crippen LogP contribution in [-0.2, 0) is 0 Å². The zero-order valence-corrected chi connectivity index (χ0v) is 13.3. The smallest absolute Gasteiger partial charge is 0.150 e. The molecule has 0 spiro atoms. The van der Waals surface area contributed by atoms with Gasteiger partial charge in [-0.25, -0.2) is 4.68 Å². The SMILES string of the molecule is CCOc1ccccc1[C@H]1Nc2ccccc2-c2cc(C)nn21. The Morgan fingerprint density at radius 2 is 1.91 bits per heavy atom. The van der Waals surface area contributed by atoms with Crippen LogP contribution in [0.15, 0.2) is 54.6 Å². The Kier molecular flexibility index (Phi) is 3.30. The second kappa shape index (κ2) is 5.47. The zero-order valence-electron chi connectivity index (χ0n) is 13.3. The van der Waals surface area contributed by atoms with Crippen molar-refractivity contribution in [2.24, 2.45) is 0 Å². The number of aromatic nitrogens is 2. The van der Waals surface area contributed by atoms with E-state index in [4.69, 9.17) is 9.84 Å². The number of hydrogen-bond acceptors (Lipinski definition) is 3. The van der Waals surface area contributed by atoms with Crippen LogP contribution in [-0.4, -0.2) is 16.4 Å². The third kappa shape index (κ3) is 2.27. The van der Waals surface area contributed by atoms with Crippen LogP contribution in [0.4, 0.5) is 5.69 Å². The summed E-state index contributed by atoms with van der Waals surface area (Å²) < 4.78 is 7.87. The molecule has 23 heavy (non-hydrogen) atoms. The van der Waals surface area contributed by atoms with Gasteiger partial charge in [0, 0.05) is 16.8 Å². The van der Waals surface area contributed by atoms with Crippen LogP contribution in [0.2, 0.25) is 0 Å². The van der Waals surface area contributed by atoms with Crippen molar-refractivity contribution >= 4 is 5.69 Å². The van der Waals surface area contributed by atoms with Gasteiger partial charge >= 0.3 is 0 Å². The first-order valence-electron chi connectivity index (χ1n) is 7.91.